The molecule has 5 N–H and O–H groups in total. The zero-order valence-corrected chi connectivity index (χ0v) is 25.5. The molecule has 1 aliphatic carbocycles. The number of hydrogen-bond acceptors (Lipinski definition) is 5. The molecule has 0 fully saturated rings. The van der Waals surface area contributed by atoms with Crippen LogP contribution < -0.4 is 11.1 Å². The van der Waals surface area contributed by atoms with Crippen molar-refractivity contribution in [1.82, 2.24) is 10.2 Å². The average Bonchev–Trinajstić information content (AvgIpc) is 2.91. The Bertz CT molecular complexity index is 1280. The Morgan fingerprint density at radius 3 is 2.34 bits per heavy atom. The molecule has 2 aromatic carbocycles. The van der Waals surface area contributed by atoms with E-state index < -0.39 is 40.9 Å². The maximum absolute atomic E-state index is 14.1. The number of nitrogens with one attached hydrogen (secondary N) is 1. The van der Waals surface area contributed by atoms with Crippen LogP contribution >= 0.6 is 22.6 Å². The lowest BCUT2D eigenvalue weighted by atomic mass is 9.64. The summed E-state index contributed by atoms with van der Waals surface area (Å²) in [6.45, 7) is 5.27. The highest BCUT2D eigenvalue weighted by Crippen LogP contribution is 2.44. The van der Waals surface area contributed by atoms with Gasteiger partial charge in [-0.3, -0.25) is 9.59 Å². The molecule has 0 bridgehead atoms. The lowest BCUT2D eigenvalue weighted by Crippen LogP contribution is -2.51. The van der Waals surface area contributed by atoms with E-state index in [0.29, 0.717) is 32.5 Å². The highest BCUT2D eigenvalue weighted by atomic mass is 127. The van der Waals surface area contributed by atoms with Crippen molar-refractivity contribution in [2.75, 3.05) is 19.6 Å². The van der Waals surface area contributed by atoms with Gasteiger partial charge in [-0.2, -0.15) is 0 Å². The third-order valence-electron chi connectivity index (χ3n) is 7.38. The van der Waals surface area contributed by atoms with Crippen LogP contribution in [0.25, 0.3) is 0 Å². The molecule has 2 aromatic rings. The van der Waals surface area contributed by atoms with E-state index in [1.54, 1.807) is 4.90 Å². The number of benzene rings is 2. The van der Waals surface area contributed by atoms with E-state index in [9.17, 15) is 28.6 Å². The van der Waals surface area contributed by atoms with Gasteiger partial charge in [-0.05, 0) is 89.7 Å². The van der Waals surface area contributed by atoms with Crippen LogP contribution in [0.1, 0.15) is 44.2 Å². The summed E-state index contributed by atoms with van der Waals surface area (Å²) in [5.41, 5.74) is 5.60. The van der Waals surface area contributed by atoms with Crippen LogP contribution in [0.2, 0.25) is 0 Å². The number of halogens is 3. The van der Waals surface area contributed by atoms with Crippen molar-refractivity contribution in [1.29, 1.82) is 0 Å². The molecular formula is C31H38F2IN3O4. The van der Waals surface area contributed by atoms with Gasteiger partial charge in [-0.1, -0.05) is 32.1 Å². The standard InChI is InChI=1S/C31H38F2IN3O4/c1-3-10-37(11-4-2)29(40)25-17-31(30(35)41,9-8-27(25)38)26(15-21-12-22(32)16-23(33)13-21)28(39)19-36-18-20-6-5-7-24(34)14-20/h5-9,12-14,16,26,28,36,38-39H,3-4,10-11,15,17-19H2,1-2H3,(H2,35,41)/t26-,28+,31?/m1/s1. The third kappa shape index (κ3) is 8.36. The first-order valence-electron chi connectivity index (χ1n) is 13.8. The second-order valence-electron chi connectivity index (χ2n) is 10.5. The summed E-state index contributed by atoms with van der Waals surface area (Å²) < 4.78 is 29.3. The fraction of sp³-hybridized carbons (Fsp3) is 0.419. The van der Waals surface area contributed by atoms with Crippen LogP contribution in [-0.4, -0.2) is 52.7 Å². The van der Waals surface area contributed by atoms with E-state index in [4.69, 9.17) is 5.73 Å². The molecule has 10 heteroatoms. The van der Waals surface area contributed by atoms with Gasteiger partial charge in [-0.25, -0.2) is 8.78 Å². The summed E-state index contributed by atoms with van der Waals surface area (Å²) in [6, 6.07) is 10.8. The molecule has 3 rings (SSSR count). The van der Waals surface area contributed by atoms with Crippen molar-refractivity contribution < 1.29 is 28.6 Å². The fourth-order valence-corrected chi connectivity index (χ4v) is 6.01. The van der Waals surface area contributed by atoms with Gasteiger partial charge >= 0.3 is 0 Å². The highest BCUT2D eigenvalue weighted by molar-refractivity contribution is 14.1. The predicted molar refractivity (Wildman–Crippen MR) is 163 cm³/mol. The summed E-state index contributed by atoms with van der Waals surface area (Å²) >= 11 is 2.21. The number of primary amides is 1. The predicted octanol–water partition coefficient (Wildman–Crippen LogP) is 4.77. The highest BCUT2D eigenvalue weighted by Gasteiger charge is 2.49. The summed E-state index contributed by atoms with van der Waals surface area (Å²) in [6.07, 6.45) is 2.51. The second-order valence-corrected chi connectivity index (χ2v) is 11.7. The van der Waals surface area contributed by atoms with Crippen molar-refractivity contribution in [2.45, 2.75) is 52.2 Å². The first-order valence-corrected chi connectivity index (χ1v) is 14.9. The topological polar surface area (TPSA) is 116 Å². The smallest absolute Gasteiger partial charge is 0.253 e. The molecule has 2 amide bonds. The van der Waals surface area contributed by atoms with E-state index in [0.717, 1.165) is 27.3 Å². The molecule has 0 aromatic heterocycles. The largest absolute Gasteiger partial charge is 0.507 e. The minimum atomic E-state index is -1.62. The van der Waals surface area contributed by atoms with E-state index >= 15 is 0 Å². The molecule has 1 unspecified atom stereocenters. The van der Waals surface area contributed by atoms with Gasteiger partial charge in [0.1, 0.15) is 17.4 Å². The Labute approximate surface area is 253 Å². The van der Waals surface area contributed by atoms with Gasteiger partial charge in [0.2, 0.25) is 5.91 Å². The molecule has 41 heavy (non-hydrogen) atoms. The minimum Gasteiger partial charge on any atom is -0.507 e. The van der Waals surface area contributed by atoms with Crippen LogP contribution in [0.3, 0.4) is 0 Å². The second kappa shape index (κ2) is 14.9. The SMILES string of the molecule is CCCN(CCC)C(=O)C1=C(O)C=CC(C(N)=O)([C@H](Cc2cc(F)cc(F)c2)[C@@H](O)CNCc2cccc(I)c2)C1. The molecule has 0 heterocycles. The normalized spacial score (nSPS) is 18.3. The number of nitrogens with zero attached hydrogens (tertiary/aromatic N) is 1. The molecule has 1 aliphatic rings. The zero-order valence-electron chi connectivity index (χ0n) is 23.4. The van der Waals surface area contributed by atoms with E-state index in [2.05, 4.69) is 27.9 Å². The Hall–Kier alpha value is -2.83. The van der Waals surface area contributed by atoms with E-state index in [1.165, 1.54) is 12.2 Å². The molecule has 7 nitrogen and oxygen atoms in total. The molecule has 0 aliphatic heterocycles. The molecule has 0 saturated carbocycles. The van der Waals surface area contributed by atoms with Crippen LogP contribution in [0.5, 0.6) is 0 Å². The maximum Gasteiger partial charge on any atom is 0.253 e. The van der Waals surface area contributed by atoms with Crippen LogP contribution in [0, 0.1) is 26.5 Å². The first kappa shape index (κ1) is 32.7. The summed E-state index contributed by atoms with van der Waals surface area (Å²) in [4.78, 5) is 28.4. The van der Waals surface area contributed by atoms with Crippen molar-refractivity contribution >= 4 is 34.4 Å². The van der Waals surface area contributed by atoms with Crippen molar-refractivity contribution in [3.63, 3.8) is 0 Å². The molecule has 0 radical (unpaired) electrons. The minimum absolute atomic E-state index is 0.0163. The quantitative estimate of drug-likeness (QED) is 0.215. The Morgan fingerprint density at radius 2 is 1.76 bits per heavy atom. The summed E-state index contributed by atoms with van der Waals surface area (Å²) in [5, 5.41) is 25.4. The Balaban J connectivity index is 1.98. The van der Waals surface area contributed by atoms with Gasteiger partial charge in [0.15, 0.2) is 0 Å². The van der Waals surface area contributed by atoms with E-state index in [-0.39, 0.29) is 36.3 Å². The monoisotopic (exact) mass is 681 g/mol. The number of carbonyl (C=O) groups is 2. The van der Waals surface area contributed by atoms with Gasteiger partial charge in [0.25, 0.3) is 5.91 Å². The van der Waals surface area contributed by atoms with Crippen molar-refractivity contribution in [3.8, 4) is 0 Å². The number of aliphatic hydroxyl groups excluding tert-OH is 2. The number of amides is 2. The van der Waals surface area contributed by atoms with Gasteiger partial charge in [0.05, 0.1) is 17.1 Å². The number of rotatable bonds is 14. The van der Waals surface area contributed by atoms with Crippen LogP contribution in [0.15, 0.2) is 65.9 Å². The molecule has 0 saturated heterocycles. The summed E-state index contributed by atoms with van der Waals surface area (Å²) in [5.74, 6) is -4.07. The third-order valence-corrected chi connectivity index (χ3v) is 8.05. The van der Waals surface area contributed by atoms with Crippen molar-refractivity contribution in [2.24, 2.45) is 17.1 Å². The number of nitrogens with two attached hydrogens (primary N) is 1. The van der Waals surface area contributed by atoms with Gasteiger partial charge in [0, 0.05) is 41.7 Å². The number of allylic oxidation sites excluding steroid dienone is 1. The van der Waals surface area contributed by atoms with Gasteiger partial charge < -0.3 is 26.2 Å². The lowest BCUT2D eigenvalue weighted by Gasteiger charge is -2.41. The van der Waals surface area contributed by atoms with Crippen molar-refractivity contribution in [3.05, 3.63) is 92.3 Å². The molecule has 222 valence electrons. The Kier molecular flexibility index (Phi) is 11.9. The molecular weight excluding hydrogens is 643 g/mol. The fourth-order valence-electron chi connectivity index (χ4n) is 5.41. The number of carbonyl (C=O) groups excluding carboxylic acids is 2. The van der Waals surface area contributed by atoms with Crippen LogP contribution in [0.4, 0.5) is 8.78 Å². The molecule has 0 spiro atoms. The number of hydrogen-bond donors (Lipinski definition) is 4. The van der Waals surface area contributed by atoms with Gasteiger partial charge in [-0.15, -0.1) is 0 Å². The number of aliphatic hydroxyl groups is 2. The first-order chi connectivity index (χ1) is 19.5. The average molecular weight is 682 g/mol. The Morgan fingerprint density at radius 1 is 1.10 bits per heavy atom. The summed E-state index contributed by atoms with van der Waals surface area (Å²) in [7, 11) is 0. The van der Waals surface area contributed by atoms with E-state index in [1.807, 2.05) is 38.1 Å². The zero-order chi connectivity index (χ0) is 30.2. The maximum atomic E-state index is 14.1. The lowest BCUT2D eigenvalue weighted by molar-refractivity contribution is -0.132. The van der Waals surface area contributed by atoms with Crippen LogP contribution in [-0.2, 0) is 22.6 Å². The molecule has 3 atom stereocenters.